The molecule has 15 heavy (non-hydrogen) atoms. The zero-order valence-electron chi connectivity index (χ0n) is 8.14. The number of hydrogen-bond donors (Lipinski definition) is 2. The molecule has 0 spiro atoms. The summed E-state index contributed by atoms with van der Waals surface area (Å²) in [5, 5.41) is 11.2. The predicted molar refractivity (Wildman–Crippen MR) is 55.3 cm³/mol. The molecule has 0 fully saturated rings. The van der Waals surface area contributed by atoms with Gasteiger partial charge >= 0.3 is 6.09 Å². The largest absolute Gasteiger partial charge is 0.445 e. The van der Waals surface area contributed by atoms with Crippen molar-refractivity contribution in [1.82, 2.24) is 4.98 Å². The lowest BCUT2D eigenvalue weighted by Crippen LogP contribution is -2.14. The van der Waals surface area contributed by atoms with Crippen LogP contribution in [0.2, 0.25) is 0 Å². The molecule has 0 saturated carbocycles. The van der Waals surface area contributed by atoms with Gasteiger partial charge < -0.3 is 9.84 Å². The van der Waals surface area contributed by atoms with Gasteiger partial charge in [0, 0.05) is 0 Å². The van der Waals surface area contributed by atoms with Gasteiger partial charge in [-0.25, -0.2) is 9.78 Å². The van der Waals surface area contributed by atoms with E-state index in [9.17, 15) is 4.79 Å². The number of carbonyl (C=O) groups excluding carboxylic acids is 1. The van der Waals surface area contributed by atoms with Crippen molar-refractivity contribution in [1.29, 1.82) is 0 Å². The molecule has 0 saturated heterocycles. The third-order valence-corrected chi connectivity index (χ3v) is 1.53. The molecule has 0 aliphatic carbocycles. The fourth-order valence-electron chi connectivity index (χ4n) is 0.913. The van der Waals surface area contributed by atoms with Crippen molar-refractivity contribution in [3.63, 3.8) is 0 Å². The smallest absolute Gasteiger partial charge is 0.413 e. The molecular weight excluding hydrogens is 196 g/mol. The van der Waals surface area contributed by atoms with E-state index in [1.54, 1.807) is 18.2 Å². The molecule has 0 unspecified atom stereocenters. The van der Waals surface area contributed by atoms with Gasteiger partial charge in [0.05, 0.1) is 12.3 Å². The average molecular weight is 208 g/mol. The Hall–Kier alpha value is -1.88. The number of aliphatic hydroxyl groups excluding tert-OH is 1. The molecular formula is C10H12N2O3. The van der Waals surface area contributed by atoms with Crippen LogP contribution in [0.1, 0.15) is 5.69 Å². The number of nitrogens with one attached hydrogen (secondary N) is 1. The maximum atomic E-state index is 11.1. The molecule has 1 rings (SSSR count). The van der Waals surface area contributed by atoms with E-state index in [0.717, 1.165) is 0 Å². The zero-order chi connectivity index (χ0) is 11.1. The van der Waals surface area contributed by atoms with Crippen molar-refractivity contribution in [2.24, 2.45) is 0 Å². The molecule has 0 aliphatic rings. The lowest BCUT2D eigenvalue weighted by Gasteiger charge is -2.05. The number of hydrogen-bond acceptors (Lipinski definition) is 4. The van der Waals surface area contributed by atoms with Crippen LogP contribution in [0.4, 0.5) is 10.6 Å². The third-order valence-electron chi connectivity index (χ3n) is 1.53. The van der Waals surface area contributed by atoms with E-state index in [1.165, 1.54) is 6.08 Å². The van der Waals surface area contributed by atoms with Crippen LogP contribution in [0.5, 0.6) is 0 Å². The molecule has 0 bridgehead atoms. The molecule has 1 amide bonds. The molecule has 1 aromatic rings. The number of nitrogens with zero attached hydrogens (tertiary/aromatic N) is 1. The van der Waals surface area contributed by atoms with Crippen LogP contribution in [-0.2, 0) is 11.3 Å². The molecule has 5 heteroatoms. The van der Waals surface area contributed by atoms with Crippen LogP contribution in [0.3, 0.4) is 0 Å². The summed E-state index contributed by atoms with van der Waals surface area (Å²) in [6.07, 6.45) is 0.870. The van der Waals surface area contributed by atoms with Gasteiger partial charge in [-0.1, -0.05) is 18.7 Å². The quantitative estimate of drug-likeness (QED) is 0.732. The molecule has 0 radical (unpaired) electrons. The van der Waals surface area contributed by atoms with E-state index in [-0.39, 0.29) is 13.2 Å². The van der Waals surface area contributed by atoms with Gasteiger partial charge in [0.1, 0.15) is 12.4 Å². The monoisotopic (exact) mass is 208 g/mol. The SMILES string of the molecule is C=CCOC(=O)Nc1cccc(CO)n1. The first-order chi connectivity index (χ1) is 7.26. The standard InChI is InChI=1S/C10H12N2O3/c1-2-6-15-10(14)12-9-5-3-4-8(7-13)11-9/h2-5,13H,1,6-7H2,(H,11,12,14). The van der Waals surface area contributed by atoms with E-state index < -0.39 is 6.09 Å². The topological polar surface area (TPSA) is 71.5 Å². The molecule has 1 aromatic heterocycles. The first kappa shape index (κ1) is 11.2. The van der Waals surface area contributed by atoms with Gasteiger partial charge in [0.15, 0.2) is 0 Å². The van der Waals surface area contributed by atoms with Gasteiger partial charge in [-0.05, 0) is 12.1 Å². The van der Waals surface area contributed by atoms with Crippen molar-refractivity contribution in [3.8, 4) is 0 Å². The van der Waals surface area contributed by atoms with Crippen molar-refractivity contribution < 1.29 is 14.6 Å². The minimum absolute atomic E-state index is 0.144. The Kier molecular flexibility index (Phi) is 4.30. The van der Waals surface area contributed by atoms with E-state index in [1.807, 2.05) is 0 Å². The maximum absolute atomic E-state index is 11.1. The first-order valence-electron chi connectivity index (χ1n) is 4.37. The van der Waals surface area contributed by atoms with Gasteiger partial charge in [-0.15, -0.1) is 0 Å². The highest BCUT2D eigenvalue weighted by molar-refractivity contribution is 5.83. The summed E-state index contributed by atoms with van der Waals surface area (Å²) in [5.41, 5.74) is 0.483. The molecule has 2 N–H and O–H groups in total. The number of anilines is 1. The summed E-state index contributed by atoms with van der Waals surface area (Å²) in [4.78, 5) is 15.0. The number of ether oxygens (including phenoxy) is 1. The minimum Gasteiger partial charge on any atom is -0.445 e. The average Bonchev–Trinajstić information content (AvgIpc) is 2.26. The van der Waals surface area contributed by atoms with Gasteiger partial charge in [0.25, 0.3) is 0 Å². The molecule has 0 aliphatic heterocycles. The number of aromatic nitrogens is 1. The van der Waals surface area contributed by atoms with Crippen LogP contribution in [0.15, 0.2) is 30.9 Å². The Morgan fingerprint density at radius 1 is 1.67 bits per heavy atom. The summed E-state index contributed by atoms with van der Waals surface area (Å²) in [7, 11) is 0. The second-order valence-electron chi connectivity index (χ2n) is 2.68. The van der Waals surface area contributed by atoms with Crippen molar-refractivity contribution in [2.75, 3.05) is 11.9 Å². The molecule has 80 valence electrons. The Morgan fingerprint density at radius 3 is 3.13 bits per heavy atom. The Labute approximate surface area is 87.4 Å². The van der Waals surface area contributed by atoms with Gasteiger partial charge in [0.2, 0.25) is 0 Å². The van der Waals surface area contributed by atoms with Crippen LogP contribution in [-0.4, -0.2) is 22.8 Å². The fourth-order valence-corrected chi connectivity index (χ4v) is 0.913. The summed E-state index contributed by atoms with van der Waals surface area (Å²) in [6, 6.07) is 4.94. The zero-order valence-corrected chi connectivity index (χ0v) is 8.14. The number of amides is 1. The summed E-state index contributed by atoms with van der Waals surface area (Å²) in [5.74, 6) is 0.343. The second kappa shape index (κ2) is 5.77. The van der Waals surface area contributed by atoms with Crippen molar-refractivity contribution >= 4 is 11.9 Å². The number of carbonyl (C=O) groups is 1. The number of pyridine rings is 1. The summed E-state index contributed by atoms with van der Waals surface area (Å²) >= 11 is 0. The number of aliphatic hydroxyl groups is 1. The van der Waals surface area contributed by atoms with E-state index in [4.69, 9.17) is 9.84 Å². The fraction of sp³-hybridized carbons (Fsp3) is 0.200. The minimum atomic E-state index is -0.600. The molecule has 5 nitrogen and oxygen atoms in total. The Morgan fingerprint density at radius 2 is 2.47 bits per heavy atom. The summed E-state index contributed by atoms with van der Waals surface area (Å²) < 4.78 is 4.70. The predicted octanol–water partition coefficient (Wildman–Crippen LogP) is 1.31. The third kappa shape index (κ3) is 3.78. The Balaban J connectivity index is 2.55. The highest BCUT2D eigenvalue weighted by Gasteiger charge is 2.03. The lowest BCUT2D eigenvalue weighted by atomic mass is 10.3. The van der Waals surface area contributed by atoms with Crippen LogP contribution >= 0.6 is 0 Å². The van der Waals surface area contributed by atoms with Crippen molar-refractivity contribution in [2.45, 2.75) is 6.61 Å². The first-order valence-corrected chi connectivity index (χ1v) is 4.37. The normalized spacial score (nSPS) is 9.40. The van der Waals surface area contributed by atoms with Crippen LogP contribution in [0.25, 0.3) is 0 Å². The van der Waals surface area contributed by atoms with E-state index in [0.29, 0.717) is 11.5 Å². The molecule has 1 heterocycles. The van der Waals surface area contributed by atoms with Crippen LogP contribution < -0.4 is 5.32 Å². The molecule has 0 atom stereocenters. The summed E-state index contributed by atoms with van der Waals surface area (Å²) in [6.45, 7) is 3.39. The lowest BCUT2D eigenvalue weighted by molar-refractivity contribution is 0.174. The van der Waals surface area contributed by atoms with Gasteiger partial charge in [-0.3, -0.25) is 5.32 Å². The molecule has 0 aromatic carbocycles. The van der Waals surface area contributed by atoms with E-state index >= 15 is 0 Å². The van der Waals surface area contributed by atoms with E-state index in [2.05, 4.69) is 16.9 Å². The Bertz CT molecular complexity index is 352. The van der Waals surface area contributed by atoms with Crippen LogP contribution in [0, 0.1) is 0 Å². The van der Waals surface area contributed by atoms with Crippen molar-refractivity contribution in [3.05, 3.63) is 36.5 Å². The highest BCUT2D eigenvalue weighted by atomic mass is 16.5. The number of rotatable bonds is 4. The highest BCUT2D eigenvalue weighted by Crippen LogP contribution is 2.05. The van der Waals surface area contributed by atoms with Gasteiger partial charge in [-0.2, -0.15) is 0 Å². The second-order valence-corrected chi connectivity index (χ2v) is 2.68. The maximum Gasteiger partial charge on any atom is 0.413 e.